The van der Waals surface area contributed by atoms with Crippen LogP contribution in [0.5, 0.6) is 0 Å². The van der Waals surface area contributed by atoms with E-state index in [1.54, 1.807) is 36.4 Å². The molecule has 29 heavy (non-hydrogen) atoms. The molecule has 1 amide bonds. The van der Waals surface area contributed by atoms with Crippen LogP contribution >= 0.6 is 0 Å². The van der Waals surface area contributed by atoms with E-state index in [1.165, 1.54) is 12.3 Å². The van der Waals surface area contributed by atoms with Gasteiger partial charge in [-0.25, -0.2) is 10.2 Å². The number of benzene rings is 2. The minimum atomic E-state index is -0.973. The summed E-state index contributed by atoms with van der Waals surface area (Å²) in [6.45, 7) is 1.82. The lowest BCUT2D eigenvalue weighted by Gasteiger charge is -2.12. The number of nitrogens with one attached hydrogen (secondary N) is 1. The Morgan fingerprint density at radius 3 is 2.55 bits per heavy atom. The fourth-order valence-corrected chi connectivity index (χ4v) is 2.78. The van der Waals surface area contributed by atoms with Crippen LogP contribution < -0.4 is 10.3 Å². The van der Waals surface area contributed by atoms with E-state index in [2.05, 4.69) is 10.5 Å². The average Bonchev–Trinajstić information content (AvgIpc) is 3.16. The van der Waals surface area contributed by atoms with Gasteiger partial charge in [0.25, 0.3) is 5.91 Å². The second-order valence-electron chi connectivity index (χ2n) is 6.68. The Morgan fingerprint density at radius 2 is 1.86 bits per heavy atom. The molecule has 0 aliphatic heterocycles. The van der Waals surface area contributed by atoms with Gasteiger partial charge in [-0.2, -0.15) is 5.10 Å². The number of nitrogens with zero attached hydrogens (tertiary/aromatic N) is 2. The lowest BCUT2D eigenvalue weighted by atomic mass is 10.0. The van der Waals surface area contributed by atoms with Crippen LogP contribution in [-0.4, -0.2) is 37.3 Å². The van der Waals surface area contributed by atoms with Gasteiger partial charge in [-0.1, -0.05) is 12.1 Å². The van der Waals surface area contributed by atoms with E-state index in [0.29, 0.717) is 17.1 Å². The fourth-order valence-electron chi connectivity index (χ4n) is 2.78. The molecule has 1 aromatic heterocycles. The van der Waals surface area contributed by atoms with Crippen molar-refractivity contribution in [2.75, 3.05) is 19.0 Å². The summed E-state index contributed by atoms with van der Waals surface area (Å²) in [7, 11) is 3.81. The van der Waals surface area contributed by atoms with Gasteiger partial charge in [0, 0.05) is 30.9 Å². The molecule has 0 radical (unpaired) electrons. The highest BCUT2D eigenvalue weighted by Crippen LogP contribution is 2.26. The van der Waals surface area contributed by atoms with Crippen molar-refractivity contribution in [3.05, 3.63) is 77.0 Å². The number of hydrogen-bond acceptors (Lipinski definition) is 5. The van der Waals surface area contributed by atoms with Crippen LogP contribution in [0.3, 0.4) is 0 Å². The molecule has 0 spiro atoms. The van der Waals surface area contributed by atoms with Crippen molar-refractivity contribution in [3.63, 3.8) is 0 Å². The number of aryl methyl sites for hydroxylation is 1. The van der Waals surface area contributed by atoms with Crippen LogP contribution in [0.25, 0.3) is 11.3 Å². The maximum atomic E-state index is 12.2. The number of rotatable bonds is 6. The first-order chi connectivity index (χ1) is 13.8. The number of anilines is 1. The zero-order chi connectivity index (χ0) is 21.0. The minimum absolute atomic E-state index is 0.223. The quantitative estimate of drug-likeness (QED) is 0.492. The fraction of sp³-hybridized carbons (Fsp3) is 0.136. The van der Waals surface area contributed by atoms with E-state index in [1.807, 2.05) is 38.1 Å². The summed E-state index contributed by atoms with van der Waals surface area (Å²) >= 11 is 0. The largest absolute Gasteiger partial charge is 0.478 e. The second-order valence-corrected chi connectivity index (χ2v) is 6.68. The van der Waals surface area contributed by atoms with Gasteiger partial charge < -0.3 is 14.4 Å². The molecule has 0 saturated carbocycles. The van der Waals surface area contributed by atoms with Crippen LogP contribution in [0.2, 0.25) is 0 Å². The zero-order valence-corrected chi connectivity index (χ0v) is 16.3. The molecule has 0 aliphatic rings. The van der Waals surface area contributed by atoms with Crippen LogP contribution in [0.15, 0.2) is 64.1 Å². The highest BCUT2D eigenvalue weighted by Gasteiger charge is 2.10. The molecule has 7 heteroatoms. The maximum absolute atomic E-state index is 12.2. The predicted octanol–water partition coefficient (Wildman–Crippen LogP) is 3.78. The normalized spacial score (nSPS) is 10.9. The Morgan fingerprint density at radius 1 is 1.07 bits per heavy atom. The van der Waals surface area contributed by atoms with Crippen molar-refractivity contribution in [1.29, 1.82) is 0 Å². The van der Waals surface area contributed by atoms with E-state index in [0.717, 1.165) is 16.8 Å². The molecule has 0 aliphatic carbocycles. The Labute approximate surface area is 168 Å². The first-order valence-electron chi connectivity index (χ1n) is 8.90. The van der Waals surface area contributed by atoms with Crippen LogP contribution in [0.4, 0.5) is 5.69 Å². The summed E-state index contributed by atoms with van der Waals surface area (Å²) in [6.07, 6.45) is 1.41. The van der Waals surface area contributed by atoms with E-state index in [-0.39, 0.29) is 11.5 Å². The molecule has 0 unspecified atom stereocenters. The Hall–Kier alpha value is -3.87. The molecule has 0 atom stereocenters. The van der Waals surface area contributed by atoms with Gasteiger partial charge >= 0.3 is 5.97 Å². The molecule has 148 valence electrons. The van der Waals surface area contributed by atoms with Crippen molar-refractivity contribution in [1.82, 2.24) is 5.43 Å². The Bertz CT molecular complexity index is 1080. The van der Waals surface area contributed by atoms with Gasteiger partial charge in [-0.05, 0) is 55.0 Å². The number of carboxylic acid groups (broad SMARTS) is 1. The number of furan rings is 1. The van der Waals surface area contributed by atoms with Crippen LogP contribution in [0.1, 0.15) is 32.0 Å². The number of hydrazone groups is 1. The highest BCUT2D eigenvalue weighted by atomic mass is 16.4. The number of carbonyl (C=O) groups is 2. The van der Waals surface area contributed by atoms with Crippen molar-refractivity contribution >= 4 is 23.8 Å². The van der Waals surface area contributed by atoms with Gasteiger partial charge in [0.05, 0.1) is 11.8 Å². The van der Waals surface area contributed by atoms with Gasteiger partial charge in [-0.15, -0.1) is 0 Å². The third-order valence-electron chi connectivity index (χ3n) is 4.35. The van der Waals surface area contributed by atoms with Crippen LogP contribution in [-0.2, 0) is 0 Å². The van der Waals surface area contributed by atoms with Gasteiger partial charge in [0.1, 0.15) is 11.5 Å². The number of carbonyl (C=O) groups excluding carboxylic acids is 1. The molecular weight excluding hydrogens is 370 g/mol. The summed E-state index contributed by atoms with van der Waals surface area (Å²) in [4.78, 5) is 25.2. The third kappa shape index (κ3) is 4.70. The number of hydrogen-bond donors (Lipinski definition) is 2. The standard InChI is InChI=1S/C22H21N3O4/c1-14-11-16(22(27)28)7-9-19(14)20-10-8-18(29-20)13-23-24-21(26)15-5-4-6-17(12-15)25(2)3/h4-13H,1-3H3,(H,24,26)(H,27,28). The summed E-state index contributed by atoms with van der Waals surface area (Å²) in [5.41, 5.74) is 5.70. The summed E-state index contributed by atoms with van der Waals surface area (Å²) in [6, 6.07) is 15.5. The monoisotopic (exact) mass is 391 g/mol. The van der Waals surface area contributed by atoms with Gasteiger partial charge in [0.2, 0.25) is 0 Å². The highest BCUT2D eigenvalue weighted by molar-refractivity contribution is 5.95. The van der Waals surface area contributed by atoms with E-state index in [4.69, 9.17) is 9.52 Å². The Balaban J connectivity index is 1.69. The number of aromatic carboxylic acids is 1. The first-order valence-corrected chi connectivity index (χ1v) is 8.90. The predicted molar refractivity (Wildman–Crippen MR) is 112 cm³/mol. The molecule has 3 aromatic rings. The van der Waals surface area contributed by atoms with Crippen molar-refractivity contribution < 1.29 is 19.1 Å². The smallest absolute Gasteiger partial charge is 0.335 e. The molecule has 7 nitrogen and oxygen atoms in total. The number of amides is 1. The topological polar surface area (TPSA) is 95.1 Å². The molecule has 0 bridgehead atoms. The summed E-state index contributed by atoms with van der Waals surface area (Å²) in [5, 5.41) is 13.0. The van der Waals surface area contributed by atoms with E-state index >= 15 is 0 Å². The minimum Gasteiger partial charge on any atom is -0.478 e. The number of carboxylic acids is 1. The second kappa shape index (κ2) is 8.43. The molecular formula is C22H21N3O4. The van der Waals surface area contributed by atoms with Crippen molar-refractivity contribution in [2.24, 2.45) is 5.10 Å². The molecule has 3 rings (SSSR count). The maximum Gasteiger partial charge on any atom is 0.335 e. The SMILES string of the molecule is Cc1cc(C(=O)O)ccc1-c1ccc(C=NNC(=O)c2cccc(N(C)C)c2)o1. The molecule has 0 saturated heterocycles. The van der Waals surface area contributed by atoms with E-state index < -0.39 is 5.97 Å². The third-order valence-corrected chi connectivity index (χ3v) is 4.35. The Kier molecular flexibility index (Phi) is 5.78. The molecule has 1 heterocycles. The van der Waals surface area contributed by atoms with Crippen molar-refractivity contribution in [2.45, 2.75) is 6.92 Å². The molecule has 0 fully saturated rings. The summed E-state index contributed by atoms with van der Waals surface area (Å²) < 4.78 is 5.73. The molecule has 2 aromatic carbocycles. The lowest BCUT2D eigenvalue weighted by molar-refractivity contribution is 0.0696. The van der Waals surface area contributed by atoms with Gasteiger partial charge in [0.15, 0.2) is 0 Å². The van der Waals surface area contributed by atoms with E-state index in [9.17, 15) is 9.59 Å². The first kappa shape index (κ1) is 19.9. The summed E-state index contributed by atoms with van der Waals surface area (Å²) in [5.74, 6) is -0.245. The lowest BCUT2D eigenvalue weighted by Crippen LogP contribution is -2.18. The molecule has 2 N–H and O–H groups in total. The van der Waals surface area contributed by atoms with Crippen LogP contribution in [0, 0.1) is 6.92 Å². The zero-order valence-electron chi connectivity index (χ0n) is 16.3. The average molecular weight is 391 g/mol. The van der Waals surface area contributed by atoms with Gasteiger partial charge in [-0.3, -0.25) is 4.79 Å². The van der Waals surface area contributed by atoms with Crippen molar-refractivity contribution in [3.8, 4) is 11.3 Å².